The second-order valence-corrected chi connectivity index (χ2v) is 8.01. The van der Waals surface area contributed by atoms with Crippen LogP contribution in [0.15, 0.2) is 24.3 Å². The zero-order valence-electron chi connectivity index (χ0n) is 16.0. The number of aromatic hydroxyl groups is 1. The average Bonchev–Trinajstić information content (AvgIpc) is 2.81. The Morgan fingerprint density at radius 1 is 1.31 bits per heavy atom. The van der Waals surface area contributed by atoms with Crippen LogP contribution >= 0.6 is 0 Å². The Hall–Kier alpha value is -1.63. The van der Waals surface area contributed by atoms with E-state index in [2.05, 4.69) is 23.9 Å². The van der Waals surface area contributed by atoms with Crippen LogP contribution in [-0.4, -0.2) is 92.3 Å². The summed E-state index contributed by atoms with van der Waals surface area (Å²) in [5, 5.41) is 9.68. The molecule has 2 aliphatic heterocycles. The van der Waals surface area contributed by atoms with E-state index in [1.54, 1.807) is 24.3 Å². The fourth-order valence-electron chi connectivity index (χ4n) is 4.06. The van der Waals surface area contributed by atoms with Gasteiger partial charge in [0.25, 0.3) is 5.91 Å². The molecule has 0 aliphatic carbocycles. The molecule has 6 heteroatoms. The van der Waals surface area contributed by atoms with Gasteiger partial charge in [-0.1, -0.05) is 6.07 Å². The SMILES string of the molecule is CN(C)CCN1CCOC[C@]2(CCCN(C(=O)c3cccc(O)c3)C2)C1. The normalized spacial score (nSPS) is 24.8. The molecule has 1 aromatic carbocycles. The molecule has 0 unspecified atom stereocenters. The van der Waals surface area contributed by atoms with Crippen LogP contribution in [0.25, 0.3) is 0 Å². The van der Waals surface area contributed by atoms with Crippen LogP contribution in [0.3, 0.4) is 0 Å². The van der Waals surface area contributed by atoms with E-state index >= 15 is 0 Å². The smallest absolute Gasteiger partial charge is 0.254 e. The first-order valence-electron chi connectivity index (χ1n) is 9.51. The zero-order chi connectivity index (χ0) is 18.6. The number of phenolic OH excluding ortho intramolecular Hbond substituents is 1. The second-order valence-electron chi connectivity index (χ2n) is 8.01. The highest BCUT2D eigenvalue weighted by Crippen LogP contribution is 2.33. The lowest BCUT2D eigenvalue weighted by Crippen LogP contribution is -2.52. The van der Waals surface area contributed by atoms with E-state index < -0.39 is 0 Å². The minimum atomic E-state index is 0.00376. The largest absolute Gasteiger partial charge is 0.508 e. The molecule has 26 heavy (non-hydrogen) atoms. The quantitative estimate of drug-likeness (QED) is 0.881. The number of hydrogen-bond acceptors (Lipinski definition) is 5. The molecule has 2 heterocycles. The Morgan fingerprint density at radius 3 is 2.92 bits per heavy atom. The van der Waals surface area contributed by atoms with E-state index in [9.17, 15) is 9.90 Å². The number of carbonyl (C=O) groups is 1. The fourth-order valence-corrected chi connectivity index (χ4v) is 4.06. The summed E-state index contributed by atoms with van der Waals surface area (Å²) >= 11 is 0. The predicted octanol–water partition coefficient (Wildman–Crippen LogP) is 1.51. The van der Waals surface area contributed by atoms with E-state index in [-0.39, 0.29) is 17.1 Å². The Labute approximate surface area is 156 Å². The van der Waals surface area contributed by atoms with Crippen LogP contribution in [-0.2, 0) is 4.74 Å². The third-order valence-corrected chi connectivity index (χ3v) is 5.42. The van der Waals surface area contributed by atoms with Gasteiger partial charge in [-0.05, 0) is 45.1 Å². The van der Waals surface area contributed by atoms with Gasteiger partial charge in [-0.3, -0.25) is 9.69 Å². The van der Waals surface area contributed by atoms with Crippen LogP contribution in [0.1, 0.15) is 23.2 Å². The standard InChI is InChI=1S/C20H31N3O3/c1-21(2)9-10-22-11-12-26-16-20(14-22)7-4-8-23(15-20)19(25)17-5-3-6-18(24)13-17/h3,5-6,13,24H,4,7-12,14-16H2,1-2H3/t20-/m1/s1. The number of carbonyl (C=O) groups excluding carboxylic acids is 1. The molecule has 6 nitrogen and oxygen atoms in total. The number of nitrogens with zero attached hydrogens (tertiary/aromatic N) is 3. The monoisotopic (exact) mass is 361 g/mol. The van der Waals surface area contributed by atoms with Gasteiger partial charge in [-0.2, -0.15) is 0 Å². The number of phenols is 1. The molecule has 144 valence electrons. The second kappa shape index (κ2) is 8.37. The van der Waals surface area contributed by atoms with Crippen LogP contribution in [0.2, 0.25) is 0 Å². The molecule has 0 bridgehead atoms. The molecule has 1 amide bonds. The predicted molar refractivity (Wildman–Crippen MR) is 101 cm³/mol. The van der Waals surface area contributed by atoms with E-state index in [0.717, 1.165) is 65.3 Å². The number of likely N-dealkylation sites (N-methyl/N-ethyl adjacent to an activating group) is 1. The number of likely N-dealkylation sites (tertiary alicyclic amines) is 1. The third-order valence-electron chi connectivity index (χ3n) is 5.42. The first-order chi connectivity index (χ1) is 12.5. The molecule has 0 saturated carbocycles. The summed E-state index contributed by atoms with van der Waals surface area (Å²) in [4.78, 5) is 19.5. The van der Waals surface area contributed by atoms with E-state index in [1.165, 1.54) is 0 Å². The summed E-state index contributed by atoms with van der Waals surface area (Å²) < 4.78 is 5.94. The topological polar surface area (TPSA) is 56.2 Å². The fraction of sp³-hybridized carbons (Fsp3) is 0.650. The third kappa shape index (κ3) is 4.75. The molecule has 2 saturated heterocycles. The van der Waals surface area contributed by atoms with Gasteiger partial charge >= 0.3 is 0 Å². The van der Waals surface area contributed by atoms with Crippen molar-refractivity contribution in [3.63, 3.8) is 0 Å². The zero-order valence-corrected chi connectivity index (χ0v) is 16.0. The highest BCUT2D eigenvalue weighted by Gasteiger charge is 2.40. The maximum absolute atomic E-state index is 12.9. The highest BCUT2D eigenvalue weighted by atomic mass is 16.5. The van der Waals surface area contributed by atoms with Crippen LogP contribution in [0.5, 0.6) is 5.75 Å². The van der Waals surface area contributed by atoms with E-state index in [1.807, 2.05) is 4.90 Å². The lowest BCUT2D eigenvalue weighted by atomic mass is 9.80. The van der Waals surface area contributed by atoms with Crippen molar-refractivity contribution in [1.29, 1.82) is 0 Å². The first kappa shape index (κ1) is 19.1. The Bertz CT molecular complexity index is 622. The van der Waals surface area contributed by atoms with Crippen LogP contribution < -0.4 is 0 Å². The number of hydrogen-bond donors (Lipinski definition) is 1. The molecule has 2 aliphatic rings. The molecule has 2 fully saturated rings. The summed E-state index contributed by atoms with van der Waals surface area (Å²) in [6.45, 7) is 6.96. The molecule has 0 aromatic heterocycles. The van der Waals surface area contributed by atoms with Crippen molar-refractivity contribution in [2.45, 2.75) is 12.8 Å². The van der Waals surface area contributed by atoms with Gasteiger partial charge in [-0.25, -0.2) is 0 Å². The molecule has 0 radical (unpaired) electrons. The summed E-state index contributed by atoms with van der Waals surface area (Å²) in [5.41, 5.74) is 0.564. The molecule has 1 atom stereocenters. The minimum Gasteiger partial charge on any atom is -0.508 e. The van der Waals surface area contributed by atoms with Crippen LogP contribution in [0.4, 0.5) is 0 Å². The van der Waals surface area contributed by atoms with Crippen LogP contribution in [0, 0.1) is 5.41 Å². The number of rotatable bonds is 4. The summed E-state index contributed by atoms with van der Waals surface area (Å²) in [7, 11) is 4.20. The van der Waals surface area contributed by atoms with Crippen molar-refractivity contribution in [2.75, 3.05) is 66.6 Å². The number of piperidine rings is 1. The van der Waals surface area contributed by atoms with Crippen molar-refractivity contribution >= 4 is 5.91 Å². The van der Waals surface area contributed by atoms with E-state index in [4.69, 9.17) is 4.74 Å². The summed E-state index contributed by atoms with van der Waals surface area (Å²) in [6, 6.07) is 6.64. The lowest BCUT2D eigenvalue weighted by molar-refractivity contribution is 0.00716. The van der Waals surface area contributed by atoms with Gasteiger partial charge in [0, 0.05) is 50.2 Å². The Kier molecular flexibility index (Phi) is 6.16. The summed E-state index contributed by atoms with van der Waals surface area (Å²) in [5.74, 6) is 0.138. The number of benzene rings is 1. The van der Waals surface area contributed by atoms with E-state index in [0.29, 0.717) is 5.56 Å². The van der Waals surface area contributed by atoms with Gasteiger partial charge in [0.2, 0.25) is 0 Å². The lowest BCUT2D eigenvalue weighted by Gasteiger charge is -2.43. The summed E-state index contributed by atoms with van der Waals surface area (Å²) in [6.07, 6.45) is 2.09. The maximum atomic E-state index is 12.9. The van der Waals surface area contributed by atoms with Gasteiger partial charge in [-0.15, -0.1) is 0 Å². The molecule has 3 rings (SSSR count). The van der Waals surface area contributed by atoms with Gasteiger partial charge in [0.05, 0.1) is 13.2 Å². The molecule has 1 aromatic rings. The Morgan fingerprint density at radius 2 is 2.15 bits per heavy atom. The van der Waals surface area contributed by atoms with Crippen molar-refractivity contribution in [3.05, 3.63) is 29.8 Å². The van der Waals surface area contributed by atoms with Gasteiger partial charge in [0.1, 0.15) is 5.75 Å². The molecule has 1 spiro atoms. The minimum absolute atomic E-state index is 0.00376. The maximum Gasteiger partial charge on any atom is 0.254 e. The number of amides is 1. The first-order valence-corrected chi connectivity index (χ1v) is 9.51. The molecule has 1 N–H and O–H groups in total. The average molecular weight is 361 g/mol. The Balaban J connectivity index is 1.70. The molecular weight excluding hydrogens is 330 g/mol. The molecular formula is C20H31N3O3. The number of ether oxygens (including phenoxy) is 1. The van der Waals surface area contributed by atoms with Crippen molar-refractivity contribution < 1.29 is 14.6 Å². The van der Waals surface area contributed by atoms with Gasteiger partial charge < -0.3 is 19.6 Å². The van der Waals surface area contributed by atoms with Crippen molar-refractivity contribution in [3.8, 4) is 5.75 Å². The highest BCUT2D eigenvalue weighted by molar-refractivity contribution is 5.94. The van der Waals surface area contributed by atoms with Crippen molar-refractivity contribution in [1.82, 2.24) is 14.7 Å². The van der Waals surface area contributed by atoms with Crippen molar-refractivity contribution in [2.24, 2.45) is 5.41 Å². The van der Waals surface area contributed by atoms with Gasteiger partial charge in [0.15, 0.2) is 0 Å².